The van der Waals surface area contributed by atoms with Gasteiger partial charge in [0, 0.05) is 45.2 Å². The molecule has 0 N–H and O–H groups in total. The smallest absolute Gasteiger partial charge is 0.162 e. The van der Waals surface area contributed by atoms with Crippen LogP contribution in [-0.2, 0) is 0 Å². The monoisotopic (exact) mass is 376 g/mol. The molecule has 2 aromatic carbocycles. The summed E-state index contributed by atoms with van der Waals surface area (Å²) in [6, 6.07) is 13.2. The third kappa shape index (κ3) is 6.61. The van der Waals surface area contributed by atoms with Gasteiger partial charge < -0.3 is 0 Å². The maximum atomic E-state index is 12.1. The van der Waals surface area contributed by atoms with Crippen LogP contribution in [0.4, 0.5) is 11.4 Å². The Kier molecular flexibility index (Phi) is 8.27. The Hall–Kier alpha value is -3.60. The number of carbonyl (C=O) groups is 2. The van der Waals surface area contributed by atoms with Gasteiger partial charge in [-0.25, -0.2) is 0 Å². The van der Waals surface area contributed by atoms with Gasteiger partial charge >= 0.3 is 0 Å². The van der Waals surface area contributed by atoms with E-state index in [2.05, 4.69) is 20.1 Å². The zero-order chi connectivity index (χ0) is 20.2. The van der Waals surface area contributed by atoms with Crippen molar-refractivity contribution in [2.24, 2.45) is 10.2 Å². The van der Waals surface area contributed by atoms with Crippen LogP contribution < -0.4 is 0 Å². The van der Waals surface area contributed by atoms with Crippen molar-refractivity contribution in [3.05, 3.63) is 80.5 Å². The molecule has 0 aromatic heterocycles. The van der Waals surface area contributed by atoms with Crippen molar-refractivity contribution in [3.63, 3.8) is 0 Å². The molecule has 2 aromatic rings. The maximum Gasteiger partial charge on any atom is 0.162 e. The number of unbranched alkanes of at least 4 members (excludes halogenated alkanes) is 3. The van der Waals surface area contributed by atoms with Gasteiger partial charge in [-0.2, -0.15) is 0 Å². The third-order valence-corrected chi connectivity index (χ3v) is 4.26. The number of Topliss-reactive ketones (excluding diaryl/α,β-unsaturated/α-hetero) is 2. The highest BCUT2D eigenvalue weighted by atomic mass is 16.1. The number of nitrogens with zero attached hydrogens (tertiary/aromatic N) is 6. The number of hydrogen-bond acceptors (Lipinski definition) is 4. The molecule has 0 fully saturated rings. The van der Waals surface area contributed by atoms with Crippen LogP contribution in [0, 0.1) is 0 Å². The van der Waals surface area contributed by atoms with E-state index >= 15 is 0 Å². The highest BCUT2D eigenvalue weighted by Gasteiger charge is 2.07. The fourth-order valence-electron chi connectivity index (χ4n) is 2.74. The summed E-state index contributed by atoms with van der Waals surface area (Å²) in [6.45, 7) is 0. The van der Waals surface area contributed by atoms with E-state index in [1.54, 1.807) is 48.5 Å². The van der Waals surface area contributed by atoms with Crippen LogP contribution in [0.15, 0.2) is 58.8 Å². The predicted octanol–water partition coefficient (Wildman–Crippen LogP) is 6.98. The van der Waals surface area contributed by atoms with E-state index in [1.165, 1.54) is 0 Å². The molecule has 8 nitrogen and oxygen atoms in total. The fourth-order valence-corrected chi connectivity index (χ4v) is 2.74. The molecular weight excluding hydrogens is 356 g/mol. The van der Waals surface area contributed by atoms with Crippen molar-refractivity contribution in [1.82, 2.24) is 0 Å². The molecule has 0 saturated carbocycles. The number of rotatable bonds is 11. The van der Waals surface area contributed by atoms with Crippen LogP contribution in [-0.4, -0.2) is 11.6 Å². The van der Waals surface area contributed by atoms with E-state index in [1.807, 2.05) is 0 Å². The third-order valence-electron chi connectivity index (χ3n) is 4.26. The first-order chi connectivity index (χ1) is 13.6. The van der Waals surface area contributed by atoms with Gasteiger partial charge in [-0.15, -0.1) is 0 Å². The van der Waals surface area contributed by atoms with Crippen LogP contribution in [0.5, 0.6) is 0 Å². The summed E-state index contributed by atoms with van der Waals surface area (Å²) in [5.41, 5.74) is 18.9. The van der Waals surface area contributed by atoms with Gasteiger partial charge in [-0.1, -0.05) is 71.6 Å². The van der Waals surface area contributed by atoms with Gasteiger partial charge in [-0.05, 0) is 23.9 Å². The lowest BCUT2D eigenvalue weighted by molar-refractivity contribution is 0.0966. The number of hydrogen-bond donors (Lipinski definition) is 0. The topological polar surface area (TPSA) is 132 Å². The van der Waals surface area contributed by atoms with Crippen LogP contribution in [0.3, 0.4) is 0 Å². The molecule has 0 amide bonds. The van der Waals surface area contributed by atoms with E-state index < -0.39 is 0 Å². The fraction of sp³-hybridized carbons (Fsp3) is 0.300. The van der Waals surface area contributed by atoms with Gasteiger partial charge in [0.25, 0.3) is 0 Å². The SMILES string of the molecule is [N-]=[N+]=Nc1ccc(C(=O)CCCCCCC(=O)c2ccc(N=[N+]=[N-])cc2)cc1. The Morgan fingerprint density at radius 3 is 1.32 bits per heavy atom. The molecule has 0 heterocycles. The minimum absolute atomic E-state index is 0.0590. The summed E-state index contributed by atoms with van der Waals surface area (Å²) >= 11 is 0. The summed E-state index contributed by atoms with van der Waals surface area (Å²) in [6.07, 6.45) is 4.21. The standard InChI is InChI=1S/C20H20N6O2/c21-25-23-17-11-7-15(8-12-17)19(27)5-3-1-2-4-6-20(28)16-9-13-18(14-10-16)24-26-22/h7-14H,1-6H2. The van der Waals surface area contributed by atoms with E-state index in [0.717, 1.165) is 25.7 Å². The molecule has 0 spiro atoms. The first-order valence-electron chi connectivity index (χ1n) is 9.01. The second-order valence-corrected chi connectivity index (χ2v) is 6.23. The summed E-state index contributed by atoms with van der Waals surface area (Å²) in [4.78, 5) is 29.7. The molecule has 0 aliphatic carbocycles. The first kappa shape index (κ1) is 20.7. The van der Waals surface area contributed by atoms with Gasteiger partial charge in [0.2, 0.25) is 0 Å². The van der Waals surface area contributed by atoms with E-state index in [4.69, 9.17) is 11.1 Å². The lowest BCUT2D eigenvalue weighted by atomic mass is 10.0. The largest absolute Gasteiger partial charge is 0.294 e. The van der Waals surface area contributed by atoms with Crippen molar-refractivity contribution in [2.45, 2.75) is 38.5 Å². The van der Waals surface area contributed by atoms with Crippen molar-refractivity contribution in [1.29, 1.82) is 0 Å². The zero-order valence-corrected chi connectivity index (χ0v) is 15.4. The normalized spacial score (nSPS) is 9.86. The Morgan fingerprint density at radius 1 is 0.643 bits per heavy atom. The molecule has 0 radical (unpaired) electrons. The van der Waals surface area contributed by atoms with E-state index in [9.17, 15) is 9.59 Å². The molecule has 8 heteroatoms. The van der Waals surface area contributed by atoms with Crippen LogP contribution in [0.25, 0.3) is 20.9 Å². The van der Waals surface area contributed by atoms with Crippen molar-refractivity contribution in [2.75, 3.05) is 0 Å². The minimum Gasteiger partial charge on any atom is -0.294 e. The van der Waals surface area contributed by atoms with E-state index in [0.29, 0.717) is 35.3 Å². The average Bonchev–Trinajstić information content (AvgIpc) is 2.72. The highest BCUT2D eigenvalue weighted by Crippen LogP contribution is 2.17. The number of ketones is 2. The quantitative estimate of drug-likeness (QED) is 0.138. The second kappa shape index (κ2) is 11.2. The Bertz CT molecular complexity index is 831. The van der Waals surface area contributed by atoms with Crippen LogP contribution >= 0.6 is 0 Å². The first-order valence-corrected chi connectivity index (χ1v) is 9.01. The Labute approximate surface area is 162 Å². The molecule has 0 bridgehead atoms. The molecule has 0 aliphatic heterocycles. The van der Waals surface area contributed by atoms with Crippen molar-refractivity contribution in [3.8, 4) is 0 Å². The molecule has 0 atom stereocenters. The Morgan fingerprint density at radius 2 is 1.00 bits per heavy atom. The van der Waals surface area contributed by atoms with Gasteiger partial charge in [0.05, 0.1) is 0 Å². The number of azide groups is 2. The van der Waals surface area contributed by atoms with E-state index in [-0.39, 0.29) is 11.6 Å². The summed E-state index contributed by atoms with van der Waals surface area (Å²) < 4.78 is 0. The molecule has 2 rings (SSSR count). The lowest BCUT2D eigenvalue weighted by Crippen LogP contribution is -2.00. The maximum absolute atomic E-state index is 12.1. The summed E-state index contributed by atoms with van der Waals surface area (Å²) in [5.74, 6) is 0.118. The summed E-state index contributed by atoms with van der Waals surface area (Å²) in [7, 11) is 0. The molecule has 0 aliphatic rings. The van der Waals surface area contributed by atoms with Crippen molar-refractivity contribution < 1.29 is 9.59 Å². The highest BCUT2D eigenvalue weighted by molar-refractivity contribution is 5.96. The van der Waals surface area contributed by atoms with Crippen molar-refractivity contribution >= 4 is 22.9 Å². The second-order valence-electron chi connectivity index (χ2n) is 6.23. The summed E-state index contributed by atoms with van der Waals surface area (Å²) in [5, 5.41) is 6.95. The van der Waals surface area contributed by atoms with Crippen LogP contribution in [0.1, 0.15) is 59.2 Å². The molecule has 0 unspecified atom stereocenters. The van der Waals surface area contributed by atoms with Gasteiger partial charge in [0.15, 0.2) is 11.6 Å². The minimum atomic E-state index is 0.0590. The molecule has 28 heavy (non-hydrogen) atoms. The molecule has 0 saturated heterocycles. The van der Waals surface area contributed by atoms with Gasteiger partial charge in [0.1, 0.15) is 0 Å². The average molecular weight is 376 g/mol. The zero-order valence-electron chi connectivity index (χ0n) is 15.4. The predicted molar refractivity (Wildman–Crippen MR) is 107 cm³/mol. The Balaban J connectivity index is 1.65. The number of carbonyl (C=O) groups excluding carboxylic acids is 2. The molecule has 142 valence electrons. The number of benzene rings is 2. The molecular formula is C20H20N6O2. The van der Waals surface area contributed by atoms with Gasteiger partial charge in [-0.3, -0.25) is 9.59 Å². The van der Waals surface area contributed by atoms with Crippen LogP contribution in [0.2, 0.25) is 0 Å². The lowest BCUT2D eigenvalue weighted by Gasteiger charge is -2.03.